The topological polar surface area (TPSA) is 24.7 Å². The van der Waals surface area contributed by atoms with E-state index in [0.717, 1.165) is 5.70 Å². The maximum Gasteiger partial charge on any atom is 0.0580 e. The lowest BCUT2D eigenvalue weighted by atomic mass is 10.3. The van der Waals surface area contributed by atoms with E-state index in [1.165, 1.54) is 0 Å². The predicted molar refractivity (Wildman–Crippen MR) is 56.1 cm³/mol. The standard InChI is InChI=1S/C10H16N2/c1-5-10(11-4)7-6-8-12-9(2)3/h5-9H,4H2,1-3H3/b7-6-,10-5+,12-8?. The molecular formula is C10H16N2. The van der Waals surface area contributed by atoms with Gasteiger partial charge in [0.1, 0.15) is 0 Å². The van der Waals surface area contributed by atoms with Crippen LogP contribution in [0.2, 0.25) is 0 Å². The van der Waals surface area contributed by atoms with E-state index in [4.69, 9.17) is 0 Å². The van der Waals surface area contributed by atoms with Crippen molar-refractivity contribution < 1.29 is 0 Å². The first-order valence-electron chi connectivity index (χ1n) is 4.03. The average molecular weight is 164 g/mol. The molecule has 12 heavy (non-hydrogen) atoms. The van der Waals surface area contributed by atoms with E-state index in [-0.39, 0.29) is 0 Å². The SMILES string of the molecule is C=NC(/C=C\C=NC(C)C)=C/C. The second-order valence-electron chi connectivity index (χ2n) is 2.62. The highest BCUT2D eigenvalue weighted by Crippen LogP contribution is 1.95. The molecule has 0 spiro atoms. The van der Waals surface area contributed by atoms with Gasteiger partial charge in [0.15, 0.2) is 0 Å². The molecular weight excluding hydrogens is 148 g/mol. The summed E-state index contributed by atoms with van der Waals surface area (Å²) in [5, 5.41) is 0. The predicted octanol–water partition coefficient (Wildman–Crippen LogP) is 2.63. The van der Waals surface area contributed by atoms with Crippen LogP contribution in [0.3, 0.4) is 0 Å². The van der Waals surface area contributed by atoms with Gasteiger partial charge in [0, 0.05) is 12.3 Å². The molecule has 0 saturated heterocycles. The number of hydrogen-bond donors (Lipinski definition) is 0. The highest BCUT2D eigenvalue weighted by molar-refractivity contribution is 5.72. The van der Waals surface area contributed by atoms with Gasteiger partial charge in [0.2, 0.25) is 0 Å². The van der Waals surface area contributed by atoms with Crippen LogP contribution in [0, 0.1) is 0 Å². The van der Waals surface area contributed by atoms with Crippen molar-refractivity contribution in [2.24, 2.45) is 9.98 Å². The van der Waals surface area contributed by atoms with Crippen molar-refractivity contribution in [2.45, 2.75) is 26.8 Å². The number of allylic oxidation sites excluding steroid dienone is 3. The zero-order valence-electron chi connectivity index (χ0n) is 7.99. The van der Waals surface area contributed by atoms with Gasteiger partial charge in [-0.05, 0) is 39.6 Å². The van der Waals surface area contributed by atoms with Gasteiger partial charge in [0.05, 0.1) is 5.70 Å². The molecule has 0 aromatic carbocycles. The third kappa shape index (κ3) is 5.59. The summed E-state index contributed by atoms with van der Waals surface area (Å²) in [6.45, 7) is 9.42. The maximum atomic E-state index is 4.16. The van der Waals surface area contributed by atoms with Crippen molar-refractivity contribution in [1.82, 2.24) is 0 Å². The Morgan fingerprint density at radius 2 is 2.08 bits per heavy atom. The summed E-state index contributed by atoms with van der Waals surface area (Å²) in [5.41, 5.74) is 0.866. The first-order chi connectivity index (χ1) is 5.70. The molecule has 0 aliphatic carbocycles. The van der Waals surface area contributed by atoms with Crippen molar-refractivity contribution >= 4 is 12.9 Å². The van der Waals surface area contributed by atoms with E-state index in [0.29, 0.717) is 6.04 Å². The Hall–Kier alpha value is -1.18. The molecule has 0 bridgehead atoms. The molecule has 0 radical (unpaired) electrons. The van der Waals surface area contributed by atoms with E-state index in [1.54, 1.807) is 6.21 Å². The molecule has 0 amide bonds. The molecule has 66 valence electrons. The van der Waals surface area contributed by atoms with Crippen LogP contribution < -0.4 is 0 Å². The van der Waals surface area contributed by atoms with E-state index >= 15 is 0 Å². The summed E-state index contributed by atoms with van der Waals surface area (Å²) in [4.78, 5) is 7.95. The quantitative estimate of drug-likeness (QED) is 0.451. The number of rotatable bonds is 4. The molecule has 0 aliphatic heterocycles. The van der Waals surface area contributed by atoms with Crippen LogP contribution in [0.1, 0.15) is 20.8 Å². The van der Waals surface area contributed by atoms with E-state index in [2.05, 4.69) is 16.7 Å². The van der Waals surface area contributed by atoms with Crippen LogP contribution in [-0.2, 0) is 0 Å². The molecule has 2 nitrogen and oxygen atoms in total. The van der Waals surface area contributed by atoms with Crippen molar-refractivity contribution in [2.75, 3.05) is 0 Å². The minimum atomic E-state index is 0.348. The Bertz CT molecular complexity index is 210. The van der Waals surface area contributed by atoms with Crippen LogP contribution in [0.5, 0.6) is 0 Å². The van der Waals surface area contributed by atoms with Gasteiger partial charge >= 0.3 is 0 Å². The van der Waals surface area contributed by atoms with Crippen molar-refractivity contribution in [3.63, 3.8) is 0 Å². The Balaban J connectivity index is 3.99. The summed E-state index contributed by atoms with van der Waals surface area (Å²) in [6, 6.07) is 0.348. The molecule has 0 aromatic rings. The van der Waals surface area contributed by atoms with Gasteiger partial charge in [-0.1, -0.05) is 6.08 Å². The average Bonchev–Trinajstić information content (AvgIpc) is 2.04. The molecule has 0 fully saturated rings. The van der Waals surface area contributed by atoms with Gasteiger partial charge < -0.3 is 0 Å². The zero-order chi connectivity index (χ0) is 9.40. The third-order valence-electron chi connectivity index (χ3n) is 1.22. The van der Waals surface area contributed by atoms with E-state index < -0.39 is 0 Å². The minimum Gasteiger partial charge on any atom is -0.290 e. The molecule has 0 saturated carbocycles. The van der Waals surface area contributed by atoms with Gasteiger partial charge in [0.25, 0.3) is 0 Å². The van der Waals surface area contributed by atoms with Gasteiger partial charge in [-0.25, -0.2) is 0 Å². The summed E-state index contributed by atoms with van der Waals surface area (Å²) < 4.78 is 0. The molecule has 0 rings (SSSR count). The lowest BCUT2D eigenvalue weighted by molar-refractivity contribution is 0.842. The normalized spacial score (nSPS) is 13.5. The molecule has 0 heterocycles. The highest BCUT2D eigenvalue weighted by Gasteiger charge is 1.81. The Morgan fingerprint density at radius 3 is 2.50 bits per heavy atom. The molecule has 0 aromatic heterocycles. The molecule has 0 aliphatic rings. The van der Waals surface area contributed by atoms with Crippen LogP contribution >= 0.6 is 0 Å². The maximum absolute atomic E-state index is 4.16. The summed E-state index contributed by atoms with van der Waals surface area (Å²) in [5.74, 6) is 0. The number of aliphatic imine (C=N–C) groups is 2. The zero-order valence-corrected chi connectivity index (χ0v) is 7.99. The molecule has 2 heteroatoms. The fourth-order valence-corrected chi connectivity index (χ4v) is 0.604. The second kappa shape index (κ2) is 6.53. The summed E-state index contributed by atoms with van der Waals surface area (Å²) >= 11 is 0. The van der Waals surface area contributed by atoms with Gasteiger partial charge in [-0.2, -0.15) is 0 Å². The van der Waals surface area contributed by atoms with Crippen LogP contribution in [0.4, 0.5) is 0 Å². The lowest BCUT2D eigenvalue weighted by Gasteiger charge is -1.90. The number of nitrogens with zero attached hydrogens (tertiary/aromatic N) is 2. The molecule has 0 unspecified atom stereocenters. The van der Waals surface area contributed by atoms with E-state index in [1.807, 2.05) is 39.0 Å². The first kappa shape index (κ1) is 10.8. The summed E-state index contributed by atoms with van der Waals surface area (Å²) in [7, 11) is 0. The smallest absolute Gasteiger partial charge is 0.0580 e. The minimum absolute atomic E-state index is 0.348. The van der Waals surface area contributed by atoms with Gasteiger partial charge in [-0.3, -0.25) is 9.98 Å². The Labute approximate surface area is 74.4 Å². The second-order valence-corrected chi connectivity index (χ2v) is 2.62. The third-order valence-corrected chi connectivity index (χ3v) is 1.22. The van der Waals surface area contributed by atoms with Crippen molar-refractivity contribution in [3.8, 4) is 0 Å². The molecule has 0 N–H and O–H groups in total. The van der Waals surface area contributed by atoms with E-state index in [9.17, 15) is 0 Å². The summed E-state index contributed by atoms with van der Waals surface area (Å²) in [6.07, 6.45) is 7.41. The lowest BCUT2D eigenvalue weighted by Crippen LogP contribution is -1.86. The monoisotopic (exact) mass is 164 g/mol. The number of hydrogen-bond acceptors (Lipinski definition) is 2. The van der Waals surface area contributed by atoms with Crippen LogP contribution in [0.25, 0.3) is 0 Å². The van der Waals surface area contributed by atoms with Crippen LogP contribution in [-0.4, -0.2) is 19.0 Å². The van der Waals surface area contributed by atoms with Crippen molar-refractivity contribution in [1.29, 1.82) is 0 Å². The first-order valence-corrected chi connectivity index (χ1v) is 4.03. The van der Waals surface area contributed by atoms with Crippen molar-refractivity contribution in [3.05, 3.63) is 23.9 Å². The largest absolute Gasteiger partial charge is 0.290 e. The molecule has 0 atom stereocenters. The fourth-order valence-electron chi connectivity index (χ4n) is 0.604. The van der Waals surface area contributed by atoms with Crippen LogP contribution in [0.15, 0.2) is 33.9 Å². The fraction of sp³-hybridized carbons (Fsp3) is 0.400. The Kier molecular flexibility index (Phi) is 5.88. The van der Waals surface area contributed by atoms with Gasteiger partial charge in [-0.15, -0.1) is 0 Å². The highest BCUT2D eigenvalue weighted by atomic mass is 14.7. The Morgan fingerprint density at radius 1 is 1.42 bits per heavy atom.